The van der Waals surface area contributed by atoms with Gasteiger partial charge in [-0.1, -0.05) is 27.2 Å². The molecule has 84 valence electrons. The van der Waals surface area contributed by atoms with Gasteiger partial charge in [0.2, 0.25) is 0 Å². The van der Waals surface area contributed by atoms with Crippen LogP contribution in [0.25, 0.3) is 0 Å². The standard InChI is InChI=1S/C12H25NO/c1-4-11(8-14)13-12-7-9(2)5-6-10(12)3/h9-14H,4-8H2,1-3H3. The van der Waals surface area contributed by atoms with Crippen LogP contribution in [0.4, 0.5) is 0 Å². The maximum atomic E-state index is 9.15. The van der Waals surface area contributed by atoms with Crippen molar-refractivity contribution >= 4 is 0 Å². The van der Waals surface area contributed by atoms with Gasteiger partial charge in [-0.25, -0.2) is 0 Å². The number of nitrogens with one attached hydrogen (secondary N) is 1. The highest BCUT2D eigenvalue weighted by molar-refractivity contribution is 4.83. The molecule has 0 aliphatic heterocycles. The first-order valence-corrected chi connectivity index (χ1v) is 6.04. The van der Waals surface area contributed by atoms with E-state index < -0.39 is 0 Å². The lowest BCUT2D eigenvalue weighted by atomic mass is 9.80. The van der Waals surface area contributed by atoms with E-state index in [1.54, 1.807) is 0 Å². The molecule has 1 aliphatic rings. The summed E-state index contributed by atoms with van der Waals surface area (Å²) in [7, 11) is 0. The van der Waals surface area contributed by atoms with E-state index in [0.717, 1.165) is 18.3 Å². The predicted molar refractivity (Wildman–Crippen MR) is 60.3 cm³/mol. The van der Waals surface area contributed by atoms with Gasteiger partial charge in [0, 0.05) is 12.1 Å². The second-order valence-corrected chi connectivity index (χ2v) is 4.96. The highest BCUT2D eigenvalue weighted by atomic mass is 16.3. The smallest absolute Gasteiger partial charge is 0.0584 e. The number of aliphatic hydroxyl groups is 1. The summed E-state index contributed by atoms with van der Waals surface area (Å²) in [5.74, 6) is 1.62. The summed E-state index contributed by atoms with van der Waals surface area (Å²) >= 11 is 0. The van der Waals surface area contributed by atoms with E-state index in [1.807, 2.05) is 0 Å². The molecule has 0 amide bonds. The summed E-state index contributed by atoms with van der Waals surface area (Å²) in [6, 6.07) is 0.920. The molecule has 2 nitrogen and oxygen atoms in total. The van der Waals surface area contributed by atoms with Crippen LogP contribution in [0.15, 0.2) is 0 Å². The number of aliphatic hydroxyl groups excluding tert-OH is 1. The van der Waals surface area contributed by atoms with E-state index in [0.29, 0.717) is 12.1 Å². The van der Waals surface area contributed by atoms with E-state index in [9.17, 15) is 0 Å². The summed E-state index contributed by atoms with van der Waals surface area (Å²) in [6.07, 6.45) is 5.00. The third-order valence-electron chi connectivity index (χ3n) is 3.62. The Hall–Kier alpha value is -0.0800. The molecule has 0 spiro atoms. The molecule has 0 aromatic carbocycles. The summed E-state index contributed by atoms with van der Waals surface area (Å²) in [6.45, 7) is 7.06. The lowest BCUT2D eigenvalue weighted by Gasteiger charge is -2.35. The summed E-state index contributed by atoms with van der Waals surface area (Å²) in [5, 5.41) is 12.7. The van der Waals surface area contributed by atoms with Crippen LogP contribution < -0.4 is 5.32 Å². The molecule has 0 radical (unpaired) electrons. The molecule has 0 bridgehead atoms. The molecule has 14 heavy (non-hydrogen) atoms. The first kappa shape index (κ1) is 12.0. The monoisotopic (exact) mass is 199 g/mol. The Morgan fingerprint density at radius 1 is 1.36 bits per heavy atom. The highest BCUT2D eigenvalue weighted by Gasteiger charge is 2.26. The zero-order valence-corrected chi connectivity index (χ0v) is 9.79. The Labute approximate surface area is 88.1 Å². The normalized spacial score (nSPS) is 35.6. The van der Waals surface area contributed by atoms with E-state index in [4.69, 9.17) is 5.11 Å². The molecule has 1 fully saturated rings. The van der Waals surface area contributed by atoms with Gasteiger partial charge >= 0.3 is 0 Å². The Balaban J connectivity index is 2.40. The molecular weight excluding hydrogens is 174 g/mol. The second-order valence-electron chi connectivity index (χ2n) is 4.96. The largest absolute Gasteiger partial charge is 0.395 e. The van der Waals surface area contributed by atoms with Crippen molar-refractivity contribution in [2.45, 2.75) is 58.5 Å². The third kappa shape index (κ3) is 3.25. The summed E-state index contributed by atoms with van der Waals surface area (Å²) < 4.78 is 0. The van der Waals surface area contributed by atoms with E-state index in [2.05, 4.69) is 26.1 Å². The fourth-order valence-electron chi connectivity index (χ4n) is 2.37. The van der Waals surface area contributed by atoms with Gasteiger partial charge < -0.3 is 10.4 Å². The quantitative estimate of drug-likeness (QED) is 0.727. The van der Waals surface area contributed by atoms with Gasteiger partial charge in [0.15, 0.2) is 0 Å². The molecule has 0 aromatic rings. The Kier molecular flexibility index (Phi) is 4.90. The fourth-order valence-corrected chi connectivity index (χ4v) is 2.37. The fraction of sp³-hybridized carbons (Fsp3) is 1.00. The van der Waals surface area contributed by atoms with Crippen molar-refractivity contribution in [2.75, 3.05) is 6.61 Å². The lowest BCUT2D eigenvalue weighted by molar-refractivity contribution is 0.173. The van der Waals surface area contributed by atoms with Gasteiger partial charge in [0.1, 0.15) is 0 Å². The van der Waals surface area contributed by atoms with Gasteiger partial charge in [-0.2, -0.15) is 0 Å². The Morgan fingerprint density at radius 2 is 2.07 bits per heavy atom. The molecule has 4 unspecified atom stereocenters. The van der Waals surface area contributed by atoms with E-state index in [1.165, 1.54) is 19.3 Å². The van der Waals surface area contributed by atoms with Crippen LogP contribution in [0.1, 0.15) is 46.5 Å². The minimum absolute atomic E-state index is 0.272. The van der Waals surface area contributed by atoms with Gasteiger partial charge in [0.25, 0.3) is 0 Å². The van der Waals surface area contributed by atoms with Crippen molar-refractivity contribution in [1.82, 2.24) is 5.32 Å². The first-order valence-electron chi connectivity index (χ1n) is 6.04. The lowest BCUT2D eigenvalue weighted by Crippen LogP contribution is -2.46. The number of rotatable bonds is 4. The van der Waals surface area contributed by atoms with Crippen LogP contribution in [-0.2, 0) is 0 Å². The molecular formula is C12H25NO. The molecule has 0 heterocycles. The minimum Gasteiger partial charge on any atom is -0.395 e. The average molecular weight is 199 g/mol. The second kappa shape index (κ2) is 5.72. The van der Waals surface area contributed by atoms with Crippen molar-refractivity contribution in [3.8, 4) is 0 Å². The van der Waals surface area contributed by atoms with Gasteiger partial charge in [0.05, 0.1) is 6.61 Å². The van der Waals surface area contributed by atoms with E-state index >= 15 is 0 Å². The van der Waals surface area contributed by atoms with Gasteiger partial charge in [-0.05, 0) is 31.1 Å². The zero-order valence-electron chi connectivity index (χ0n) is 9.79. The van der Waals surface area contributed by atoms with Crippen LogP contribution in [-0.4, -0.2) is 23.8 Å². The Morgan fingerprint density at radius 3 is 2.64 bits per heavy atom. The molecule has 0 saturated heterocycles. The van der Waals surface area contributed by atoms with Crippen molar-refractivity contribution < 1.29 is 5.11 Å². The molecule has 4 atom stereocenters. The molecule has 2 heteroatoms. The van der Waals surface area contributed by atoms with Gasteiger partial charge in [-0.15, -0.1) is 0 Å². The van der Waals surface area contributed by atoms with Crippen molar-refractivity contribution in [1.29, 1.82) is 0 Å². The van der Waals surface area contributed by atoms with Crippen LogP contribution in [0.5, 0.6) is 0 Å². The van der Waals surface area contributed by atoms with Crippen molar-refractivity contribution in [2.24, 2.45) is 11.8 Å². The maximum Gasteiger partial charge on any atom is 0.0584 e. The van der Waals surface area contributed by atoms with Crippen molar-refractivity contribution in [3.63, 3.8) is 0 Å². The van der Waals surface area contributed by atoms with Gasteiger partial charge in [-0.3, -0.25) is 0 Å². The maximum absolute atomic E-state index is 9.15. The number of hydrogen-bond donors (Lipinski definition) is 2. The SMILES string of the molecule is CCC(CO)NC1CC(C)CCC1C. The predicted octanol–water partition coefficient (Wildman–Crippen LogP) is 2.17. The molecule has 1 rings (SSSR count). The minimum atomic E-state index is 0.272. The summed E-state index contributed by atoms with van der Waals surface area (Å²) in [4.78, 5) is 0. The van der Waals surface area contributed by atoms with Crippen LogP contribution >= 0.6 is 0 Å². The number of hydrogen-bond acceptors (Lipinski definition) is 2. The first-order chi connectivity index (χ1) is 6.67. The van der Waals surface area contributed by atoms with Crippen LogP contribution in [0.3, 0.4) is 0 Å². The van der Waals surface area contributed by atoms with Crippen LogP contribution in [0.2, 0.25) is 0 Å². The molecule has 1 saturated carbocycles. The molecule has 2 N–H and O–H groups in total. The van der Waals surface area contributed by atoms with Crippen LogP contribution in [0, 0.1) is 11.8 Å². The summed E-state index contributed by atoms with van der Waals surface area (Å²) in [5.41, 5.74) is 0. The topological polar surface area (TPSA) is 32.3 Å². The van der Waals surface area contributed by atoms with E-state index in [-0.39, 0.29) is 6.61 Å². The molecule has 1 aliphatic carbocycles. The highest BCUT2D eigenvalue weighted by Crippen LogP contribution is 2.28. The van der Waals surface area contributed by atoms with Crippen molar-refractivity contribution in [3.05, 3.63) is 0 Å². The third-order valence-corrected chi connectivity index (χ3v) is 3.62. The zero-order chi connectivity index (χ0) is 10.6. The molecule has 0 aromatic heterocycles. The Bertz CT molecular complexity index is 156. The average Bonchev–Trinajstić information content (AvgIpc) is 2.19.